The summed E-state index contributed by atoms with van der Waals surface area (Å²) in [5, 5.41) is 18.3. The molecule has 0 saturated heterocycles. The minimum Gasteiger partial charge on any atom is -0.504 e. The van der Waals surface area contributed by atoms with Crippen molar-refractivity contribution in [1.82, 2.24) is 0 Å². The molecule has 1 rings (SSSR count). The first kappa shape index (κ1) is 9.86. The summed E-state index contributed by atoms with van der Waals surface area (Å²) in [7, 11) is 1.50. The smallest absolute Gasteiger partial charge is 0.160 e. The molecule has 0 aliphatic carbocycles. The molecule has 0 aliphatic rings. The van der Waals surface area contributed by atoms with Gasteiger partial charge in [-0.05, 0) is 17.7 Å². The number of rotatable bonds is 3. The van der Waals surface area contributed by atoms with Crippen LogP contribution >= 0.6 is 0 Å². The maximum Gasteiger partial charge on any atom is 0.160 e. The Balaban J connectivity index is 2.95. The molecule has 0 aromatic heterocycles. The van der Waals surface area contributed by atoms with Crippen molar-refractivity contribution in [3.8, 4) is 11.5 Å². The van der Waals surface area contributed by atoms with E-state index in [-0.39, 0.29) is 18.3 Å². The SMILES string of the molecule is COc1ccc(C(C)CO)cc1O. The molecule has 0 saturated carbocycles. The number of aliphatic hydroxyl groups excluding tert-OH is 1. The predicted octanol–water partition coefficient (Wildman–Crippen LogP) is 1.50. The Morgan fingerprint density at radius 2 is 2.15 bits per heavy atom. The Morgan fingerprint density at radius 3 is 2.62 bits per heavy atom. The van der Waals surface area contributed by atoms with E-state index in [1.54, 1.807) is 12.1 Å². The van der Waals surface area contributed by atoms with Crippen LogP contribution in [0.5, 0.6) is 11.5 Å². The van der Waals surface area contributed by atoms with Crippen LogP contribution in [0.2, 0.25) is 0 Å². The maximum atomic E-state index is 9.43. The Morgan fingerprint density at radius 1 is 1.46 bits per heavy atom. The van der Waals surface area contributed by atoms with Gasteiger partial charge in [0.15, 0.2) is 11.5 Å². The summed E-state index contributed by atoms with van der Waals surface area (Å²) in [5.74, 6) is 0.603. The Bertz CT molecular complexity index is 283. The minimum atomic E-state index is 0.0387. The third kappa shape index (κ3) is 2.12. The van der Waals surface area contributed by atoms with Gasteiger partial charge in [-0.2, -0.15) is 0 Å². The monoisotopic (exact) mass is 182 g/mol. The highest BCUT2D eigenvalue weighted by atomic mass is 16.5. The number of aliphatic hydroxyl groups is 1. The lowest BCUT2D eigenvalue weighted by Gasteiger charge is -2.10. The molecule has 1 aromatic rings. The molecule has 3 heteroatoms. The molecule has 0 fully saturated rings. The van der Waals surface area contributed by atoms with Crippen LogP contribution < -0.4 is 4.74 Å². The van der Waals surface area contributed by atoms with Crippen molar-refractivity contribution in [3.05, 3.63) is 23.8 Å². The van der Waals surface area contributed by atoms with Gasteiger partial charge in [0.2, 0.25) is 0 Å². The van der Waals surface area contributed by atoms with Gasteiger partial charge in [0, 0.05) is 12.5 Å². The van der Waals surface area contributed by atoms with Gasteiger partial charge in [0.1, 0.15) is 0 Å². The average molecular weight is 182 g/mol. The van der Waals surface area contributed by atoms with Crippen LogP contribution in [-0.4, -0.2) is 23.9 Å². The van der Waals surface area contributed by atoms with Crippen molar-refractivity contribution in [2.75, 3.05) is 13.7 Å². The average Bonchev–Trinajstić information content (AvgIpc) is 2.16. The van der Waals surface area contributed by atoms with E-state index in [9.17, 15) is 5.11 Å². The Labute approximate surface area is 77.6 Å². The zero-order valence-electron chi connectivity index (χ0n) is 7.82. The van der Waals surface area contributed by atoms with Gasteiger partial charge in [0.05, 0.1) is 7.11 Å². The van der Waals surface area contributed by atoms with E-state index < -0.39 is 0 Å². The standard InChI is InChI=1S/C10H14O3/c1-7(6-11)8-3-4-10(13-2)9(12)5-8/h3-5,7,11-12H,6H2,1-2H3. The third-order valence-corrected chi connectivity index (χ3v) is 2.05. The van der Waals surface area contributed by atoms with Crippen LogP contribution in [0.1, 0.15) is 18.4 Å². The molecule has 0 radical (unpaired) electrons. The van der Waals surface area contributed by atoms with Crippen molar-refractivity contribution >= 4 is 0 Å². The molecule has 2 N–H and O–H groups in total. The quantitative estimate of drug-likeness (QED) is 0.744. The van der Waals surface area contributed by atoms with Crippen LogP contribution in [0.3, 0.4) is 0 Å². The number of phenols is 1. The summed E-state index contributed by atoms with van der Waals surface area (Å²) in [6.45, 7) is 1.97. The first-order valence-corrected chi connectivity index (χ1v) is 4.16. The lowest BCUT2D eigenvalue weighted by atomic mass is 10.0. The van der Waals surface area contributed by atoms with E-state index >= 15 is 0 Å². The van der Waals surface area contributed by atoms with E-state index in [1.165, 1.54) is 7.11 Å². The molecule has 3 nitrogen and oxygen atoms in total. The predicted molar refractivity (Wildman–Crippen MR) is 50.2 cm³/mol. The first-order valence-electron chi connectivity index (χ1n) is 4.16. The summed E-state index contributed by atoms with van der Waals surface area (Å²) in [6.07, 6.45) is 0. The van der Waals surface area contributed by atoms with Gasteiger partial charge in [-0.15, -0.1) is 0 Å². The van der Waals surface area contributed by atoms with Gasteiger partial charge in [-0.1, -0.05) is 13.0 Å². The Kier molecular flexibility index (Phi) is 3.14. The Hall–Kier alpha value is -1.22. The maximum absolute atomic E-state index is 9.43. The van der Waals surface area contributed by atoms with Gasteiger partial charge >= 0.3 is 0 Å². The number of hydrogen-bond donors (Lipinski definition) is 2. The number of methoxy groups -OCH3 is 1. The summed E-state index contributed by atoms with van der Waals surface area (Å²) >= 11 is 0. The van der Waals surface area contributed by atoms with Gasteiger partial charge in [-0.3, -0.25) is 0 Å². The van der Waals surface area contributed by atoms with Crippen molar-refractivity contribution in [3.63, 3.8) is 0 Å². The fourth-order valence-electron chi connectivity index (χ4n) is 1.12. The fourth-order valence-corrected chi connectivity index (χ4v) is 1.12. The molecule has 0 bridgehead atoms. The molecule has 72 valence electrons. The van der Waals surface area contributed by atoms with Crippen LogP contribution in [-0.2, 0) is 0 Å². The third-order valence-electron chi connectivity index (χ3n) is 2.05. The number of ether oxygens (including phenoxy) is 1. The zero-order chi connectivity index (χ0) is 9.84. The van der Waals surface area contributed by atoms with E-state index in [0.29, 0.717) is 5.75 Å². The second kappa shape index (κ2) is 4.14. The summed E-state index contributed by atoms with van der Waals surface area (Å²) in [5.41, 5.74) is 0.904. The number of aromatic hydroxyl groups is 1. The molecule has 1 unspecified atom stereocenters. The summed E-state index contributed by atoms with van der Waals surface area (Å²) < 4.78 is 4.90. The van der Waals surface area contributed by atoms with E-state index in [2.05, 4.69) is 0 Å². The van der Waals surface area contributed by atoms with Crippen molar-refractivity contribution in [2.24, 2.45) is 0 Å². The van der Waals surface area contributed by atoms with Gasteiger partial charge < -0.3 is 14.9 Å². The van der Waals surface area contributed by atoms with Crippen LogP contribution in [0.4, 0.5) is 0 Å². The van der Waals surface area contributed by atoms with E-state index in [4.69, 9.17) is 9.84 Å². The van der Waals surface area contributed by atoms with E-state index in [0.717, 1.165) is 5.56 Å². The van der Waals surface area contributed by atoms with Gasteiger partial charge in [0.25, 0.3) is 0 Å². The van der Waals surface area contributed by atoms with E-state index in [1.807, 2.05) is 13.0 Å². The van der Waals surface area contributed by atoms with Crippen LogP contribution in [0.15, 0.2) is 18.2 Å². The van der Waals surface area contributed by atoms with Crippen molar-refractivity contribution in [2.45, 2.75) is 12.8 Å². The topological polar surface area (TPSA) is 49.7 Å². The lowest BCUT2D eigenvalue weighted by Crippen LogP contribution is -1.98. The van der Waals surface area contributed by atoms with Crippen LogP contribution in [0, 0.1) is 0 Å². The first-order chi connectivity index (χ1) is 6.19. The van der Waals surface area contributed by atoms with Gasteiger partial charge in [-0.25, -0.2) is 0 Å². The molecular formula is C10H14O3. The largest absolute Gasteiger partial charge is 0.504 e. The highest BCUT2D eigenvalue weighted by Gasteiger charge is 2.07. The highest BCUT2D eigenvalue weighted by Crippen LogP contribution is 2.29. The normalized spacial score (nSPS) is 12.5. The molecule has 13 heavy (non-hydrogen) atoms. The zero-order valence-corrected chi connectivity index (χ0v) is 7.82. The number of hydrogen-bond acceptors (Lipinski definition) is 3. The molecule has 1 aromatic carbocycles. The summed E-state index contributed by atoms with van der Waals surface area (Å²) in [6, 6.07) is 5.13. The molecule has 0 amide bonds. The highest BCUT2D eigenvalue weighted by molar-refractivity contribution is 5.42. The molecule has 0 spiro atoms. The number of benzene rings is 1. The molecule has 1 atom stereocenters. The van der Waals surface area contributed by atoms with Crippen molar-refractivity contribution in [1.29, 1.82) is 0 Å². The lowest BCUT2D eigenvalue weighted by molar-refractivity contribution is 0.272. The number of phenolic OH excluding ortho intramolecular Hbond substituents is 1. The summed E-state index contributed by atoms with van der Waals surface area (Å²) in [4.78, 5) is 0. The second-order valence-corrected chi connectivity index (χ2v) is 3.01. The second-order valence-electron chi connectivity index (χ2n) is 3.01. The van der Waals surface area contributed by atoms with Crippen LogP contribution in [0.25, 0.3) is 0 Å². The fraction of sp³-hybridized carbons (Fsp3) is 0.400. The van der Waals surface area contributed by atoms with Crippen molar-refractivity contribution < 1.29 is 14.9 Å². The molecular weight excluding hydrogens is 168 g/mol. The molecule has 0 aliphatic heterocycles. The molecule has 0 heterocycles. The minimum absolute atomic E-state index is 0.0387.